The van der Waals surface area contributed by atoms with Gasteiger partial charge in [0.05, 0.1) is 5.57 Å². The molecule has 0 aliphatic rings. The Morgan fingerprint density at radius 3 is 2.00 bits per heavy atom. The molecule has 0 spiro atoms. The van der Waals surface area contributed by atoms with Gasteiger partial charge in [-0.3, -0.25) is 0 Å². The number of carboxylic acids is 1. The second-order valence-electron chi connectivity index (χ2n) is 3.52. The van der Waals surface area contributed by atoms with E-state index < -0.39 is 11.4 Å². The van der Waals surface area contributed by atoms with E-state index in [0.29, 0.717) is 6.42 Å². The molecule has 3 nitrogen and oxygen atoms in total. The van der Waals surface area contributed by atoms with Gasteiger partial charge >= 0.3 is 5.97 Å². The van der Waals surface area contributed by atoms with Gasteiger partial charge in [-0.15, -0.1) is 0 Å². The molecule has 70 valence electrons. The minimum absolute atomic E-state index is 0.0295. The molecule has 0 unspecified atom stereocenters. The zero-order valence-corrected chi connectivity index (χ0v) is 8.01. The van der Waals surface area contributed by atoms with Gasteiger partial charge in [-0.2, -0.15) is 0 Å². The van der Waals surface area contributed by atoms with Crippen LogP contribution in [0.15, 0.2) is 11.3 Å². The monoisotopic (exact) mass is 172 g/mol. The van der Waals surface area contributed by atoms with Crippen molar-refractivity contribution >= 4 is 5.97 Å². The number of hydrogen-bond acceptors (Lipinski definition) is 2. The highest BCUT2D eigenvalue weighted by atomic mass is 16.4. The van der Waals surface area contributed by atoms with E-state index in [1.54, 1.807) is 0 Å². The third-order valence-corrected chi connectivity index (χ3v) is 2.20. The van der Waals surface area contributed by atoms with Gasteiger partial charge in [0, 0.05) is 5.41 Å². The number of aliphatic hydroxyl groups is 1. The smallest absolute Gasteiger partial charge is 0.334 e. The van der Waals surface area contributed by atoms with E-state index in [1.807, 2.05) is 20.8 Å². The molecule has 0 atom stereocenters. The van der Waals surface area contributed by atoms with Gasteiger partial charge in [0.2, 0.25) is 0 Å². The lowest BCUT2D eigenvalue weighted by Gasteiger charge is -2.22. The second kappa shape index (κ2) is 3.61. The summed E-state index contributed by atoms with van der Waals surface area (Å²) in [5, 5.41) is 18.1. The Labute approximate surface area is 72.7 Å². The lowest BCUT2D eigenvalue weighted by atomic mass is 9.86. The first kappa shape index (κ1) is 11.0. The molecule has 0 fully saturated rings. The summed E-state index contributed by atoms with van der Waals surface area (Å²) in [6, 6.07) is 0. The molecule has 0 aromatic heterocycles. The van der Waals surface area contributed by atoms with Gasteiger partial charge < -0.3 is 10.2 Å². The molecular weight excluding hydrogens is 156 g/mol. The van der Waals surface area contributed by atoms with Gasteiger partial charge in [0.15, 0.2) is 0 Å². The van der Waals surface area contributed by atoms with Crippen LogP contribution in [-0.2, 0) is 4.79 Å². The van der Waals surface area contributed by atoms with Crippen molar-refractivity contribution in [1.29, 1.82) is 0 Å². The van der Waals surface area contributed by atoms with Gasteiger partial charge in [-0.1, -0.05) is 20.8 Å². The Hall–Kier alpha value is -0.990. The summed E-state index contributed by atoms with van der Waals surface area (Å²) in [6.45, 7) is 6.95. The van der Waals surface area contributed by atoms with E-state index in [1.165, 1.54) is 6.92 Å². The van der Waals surface area contributed by atoms with Crippen LogP contribution in [0.3, 0.4) is 0 Å². The van der Waals surface area contributed by atoms with Gasteiger partial charge in [0.25, 0.3) is 0 Å². The fourth-order valence-corrected chi connectivity index (χ4v) is 0.776. The fourth-order valence-electron chi connectivity index (χ4n) is 0.776. The second-order valence-corrected chi connectivity index (χ2v) is 3.52. The van der Waals surface area contributed by atoms with Crippen LogP contribution in [0.1, 0.15) is 34.1 Å². The van der Waals surface area contributed by atoms with Crippen LogP contribution in [0.25, 0.3) is 0 Å². The molecule has 0 aromatic rings. The quantitative estimate of drug-likeness (QED) is 0.507. The first-order valence-electron chi connectivity index (χ1n) is 3.96. The highest BCUT2D eigenvalue weighted by Crippen LogP contribution is 2.29. The van der Waals surface area contributed by atoms with Crippen LogP contribution >= 0.6 is 0 Å². The predicted octanol–water partition coefficient (Wildman–Crippen LogP) is 2.34. The highest BCUT2D eigenvalue weighted by Gasteiger charge is 2.24. The summed E-state index contributed by atoms with van der Waals surface area (Å²) in [7, 11) is 0. The third-order valence-electron chi connectivity index (χ3n) is 2.20. The van der Waals surface area contributed by atoms with Gasteiger partial charge in [-0.25, -0.2) is 4.79 Å². The summed E-state index contributed by atoms with van der Waals surface area (Å²) < 4.78 is 0. The van der Waals surface area contributed by atoms with E-state index >= 15 is 0 Å². The number of hydrogen-bond donors (Lipinski definition) is 2. The minimum atomic E-state index is -1.06. The molecule has 0 heterocycles. The van der Waals surface area contributed by atoms with Crippen molar-refractivity contribution in [3.8, 4) is 0 Å². The Bertz CT molecular complexity index is 214. The molecular formula is C9H16O3. The summed E-state index contributed by atoms with van der Waals surface area (Å²) in [5.41, 5.74) is -0.412. The van der Waals surface area contributed by atoms with Crippen molar-refractivity contribution in [3.05, 3.63) is 11.3 Å². The average Bonchev–Trinajstić information content (AvgIpc) is 2.01. The third kappa shape index (κ3) is 2.26. The van der Waals surface area contributed by atoms with Crippen molar-refractivity contribution in [1.82, 2.24) is 0 Å². The average molecular weight is 172 g/mol. The molecule has 0 saturated heterocycles. The summed E-state index contributed by atoms with van der Waals surface area (Å²) in [5.74, 6) is -1.09. The molecule has 0 aliphatic heterocycles. The molecule has 3 heteroatoms. The van der Waals surface area contributed by atoms with E-state index in [-0.39, 0.29) is 11.3 Å². The minimum Gasteiger partial charge on any atom is -0.511 e. The molecule has 0 radical (unpaired) electrons. The van der Waals surface area contributed by atoms with Crippen molar-refractivity contribution in [2.75, 3.05) is 0 Å². The van der Waals surface area contributed by atoms with Crippen LogP contribution in [0.5, 0.6) is 0 Å². The van der Waals surface area contributed by atoms with Crippen LogP contribution < -0.4 is 0 Å². The molecule has 0 amide bonds. The van der Waals surface area contributed by atoms with E-state index in [2.05, 4.69) is 0 Å². The number of allylic oxidation sites excluding steroid dienone is 1. The predicted molar refractivity (Wildman–Crippen MR) is 47.0 cm³/mol. The van der Waals surface area contributed by atoms with Crippen LogP contribution in [-0.4, -0.2) is 16.2 Å². The number of aliphatic carboxylic acids is 1. The maximum absolute atomic E-state index is 10.5. The number of carbonyl (C=O) groups is 1. The van der Waals surface area contributed by atoms with Gasteiger partial charge in [-0.05, 0) is 13.3 Å². The maximum Gasteiger partial charge on any atom is 0.334 e. The Balaban J connectivity index is 4.90. The van der Waals surface area contributed by atoms with E-state index in [9.17, 15) is 9.90 Å². The first-order chi connectivity index (χ1) is 5.33. The number of rotatable bonds is 3. The number of aliphatic hydroxyl groups excluding tert-OH is 1. The molecule has 0 saturated carbocycles. The Morgan fingerprint density at radius 1 is 1.33 bits per heavy atom. The molecule has 0 bridgehead atoms. The summed E-state index contributed by atoms with van der Waals surface area (Å²) in [4.78, 5) is 10.5. The normalized spacial score (nSPS) is 14.0. The molecule has 0 aliphatic carbocycles. The van der Waals surface area contributed by atoms with Crippen LogP contribution in [0.4, 0.5) is 0 Å². The molecule has 12 heavy (non-hydrogen) atoms. The zero-order valence-electron chi connectivity index (χ0n) is 8.01. The lowest BCUT2D eigenvalue weighted by molar-refractivity contribution is -0.132. The summed E-state index contributed by atoms with van der Waals surface area (Å²) >= 11 is 0. The Morgan fingerprint density at radius 2 is 1.75 bits per heavy atom. The maximum atomic E-state index is 10.5. The van der Waals surface area contributed by atoms with Crippen molar-refractivity contribution in [3.63, 3.8) is 0 Å². The van der Waals surface area contributed by atoms with Crippen molar-refractivity contribution < 1.29 is 15.0 Å². The number of carboxylic acid groups (broad SMARTS) is 1. The molecule has 0 aromatic carbocycles. The zero-order chi connectivity index (χ0) is 9.94. The molecule has 2 N–H and O–H groups in total. The van der Waals surface area contributed by atoms with Crippen molar-refractivity contribution in [2.45, 2.75) is 34.1 Å². The van der Waals surface area contributed by atoms with Crippen LogP contribution in [0, 0.1) is 5.41 Å². The highest BCUT2D eigenvalue weighted by molar-refractivity contribution is 5.86. The SMILES string of the molecule is CCC(C)(C)C(O)=C(C)C(=O)O. The fraction of sp³-hybridized carbons (Fsp3) is 0.667. The standard InChI is InChI=1S/C9H16O3/c1-5-9(3,4)7(10)6(2)8(11)12/h10H,5H2,1-4H3,(H,11,12). The first-order valence-corrected chi connectivity index (χ1v) is 3.96. The van der Waals surface area contributed by atoms with Crippen LogP contribution in [0.2, 0.25) is 0 Å². The van der Waals surface area contributed by atoms with E-state index in [0.717, 1.165) is 0 Å². The summed E-state index contributed by atoms with van der Waals surface area (Å²) in [6.07, 6.45) is 0.712. The topological polar surface area (TPSA) is 57.5 Å². The Kier molecular flexibility index (Phi) is 3.31. The van der Waals surface area contributed by atoms with Crippen molar-refractivity contribution in [2.24, 2.45) is 5.41 Å². The molecule has 0 rings (SSSR count). The lowest BCUT2D eigenvalue weighted by Crippen LogP contribution is -2.17. The van der Waals surface area contributed by atoms with E-state index in [4.69, 9.17) is 5.11 Å². The largest absolute Gasteiger partial charge is 0.511 e. The van der Waals surface area contributed by atoms with Gasteiger partial charge in [0.1, 0.15) is 5.76 Å².